The molecule has 172 valence electrons. The van der Waals surface area contributed by atoms with Crippen LogP contribution in [0.15, 0.2) is 101 Å². The van der Waals surface area contributed by atoms with Crippen molar-refractivity contribution in [2.75, 3.05) is 18.0 Å². The molecule has 0 saturated carbocycles. The molecule has 0 N–H and O–H groups in total. The molecule has 1 fully saturated rings. The molecule has 0 spiro atoms. The highest BCUT2D eigenvalue weighted by Crippen LogP contribution is 2.36. The fourth-order valence-corrected chi connectivity index (χ4v) is 4.91. The second kappa shape index (κ2) is 9.92. The maximum absolute atomic E-state index is 6.37. The first kappa shape index (κ1) is 22.5. The molecule has 3 nitrogen and oxygen atoms in total. The highest BCUT2D eigenvalue weighted by molar-refractivity contribution is 6.08. The third-order valence-corrected chi connectivity index (χ3v) is 6.65. The van der Waals surface area contributed by atoms with Gasteiger partial charge in [-0.15, -0.1) is 12.4 Å². The zero-order chi connectivity index (χ0) is 22.0. The van der Waals surface area contributed by atoms with Crippen LogP contribution >= 0.6 is 12.4 Å². The molecule has 1 aliphatic heterocycles. The molecule has 5 aromatic rings. The molecule has 4 heteroatoms. The van der Waals surface area contributed by atoms with E-state index in [2.05, 4.69) is 83.8 Å². The lowest BCUT2D eigenvalue weighted by Gasteiger charge is -2.34. The van der Waals surface area contributed by atoms with Gasteiger partial charge in [-0.1, -0.05) is 84.9 Å². The normalized spacial score (nSPS) is 16.0. The van der Waals surface area contributed by atoms with Gasteiger partial charge in [0.05, 0.1) is 18.4 Å². The number of piperidine rings is 1. The van der Waals surface area contributed by atoms with Crippen LogP contribution in [0.3, 0.4) is 0 Å². The molecule has 4 aromatic carbocycles. The first-order valence-corrected chi connectivity index (χ1v) is 11.8. The van der Waals surface area contributed by atoms with Crippen LogP contribution in [0.2, 0.25) is 0 Å². The van der Waals surface area contributed by atoms with Crippen LogP contribution in [0.5, 0.6) is 0 Å². The summed E-state index contributed by atoms with van der Waals surface area (Å²) in [6.45, 7) is 2.56. The molecule has 0 amide bonds. The Morgan fingerprint density at radius 3 is 2.35 bits per heavy atom. The van der Waals surface area contributed by atoms with Crippen LogP contribution in [0.1, 0.15) is 18.4 Å². The maximum Gasteiger partial charge on any atom is 0.158 e. The van der Waals surface area contributed by atoms with Crippen molar-refractivity contribution in [1.29, 1.82) is 0 Å². The number of hydrogen-bond acceptors (Lipinski definition) is 3. The van der Waals surface area contributed by atoms with Gasteiger partial charge in [0.15, 0.2) is 5.58 Å². The molecule has 2 heterocycles. The van der Waals surface area contributed by atoms with E-state index in [0.717, 1.165) is 37.1 Å². The summed E-state index contributed by atoms with van der Waals surface area (Å²) in [6.07, 6.45) is 2.43. The van der Waals surface area contributed by atoms with Gasteiger partial charge >= 0.3 is 0 Å². The van der Waals surface area contributed by atoms with Gasteiger partial charge < -0.3 is 14.1 Å². The first-order chi connectivity index (χ1) is 16.3. The quantitative estimate of drug-likeness (QED) is 0.262. The number of benzene rings is 4. The highest BCUT2D eigenvalue weighted by atomic mass is 35.5. The minimum absolute atomic E-state index is 0. The van der Waals surface area contributed by atoms with Crippen molar-refractivity contribution in [1.82, 2.24) is 0 Å². The molecule has 0 bridgehead atoms. The number of halogens is 1. The van der Waals surface area contributed by atoms with Crippen molar-refractivity contribution in [2.45, 2.75) is 25.6 Å². The predicted molar refractivity (Wildman–Crippen MR) is 143 cm³/mol. The molecule has 0 aliphatic carbocycles. The second-order valence-electron chi connectivity index (χ2n) is 8.84. The average molecular weight is 470 g/mol. The van der Waals surface area contributed by atoms with Crippen LogP contribution in [0.4, 0.5) is 5.69 Å². The molecule has 0 unspecified atom stereocenters. The Balaban J connectivity index is 0.00000241. The summed E-state index contributed by atoms with van der Waals surface area (Å²) >= 11 is 0. The Kier molecular flexibility index (Phi) is 6.57. The fraction of sp³-hybridized carbons (Fsp3) is 0.200. The molecule has 1 atom stereocenters. The van der Waals surface area contributed by atoms with E-state index in [0.29, 0.717) is 6.61 Å². The predicted octanol–water partition coefficient (Wildman–Crippen LogP) is 7.86. The molecule has 1 saturated heterocycles. The lowest BCUT2D eigenvalue weighted by Crippen LogP contribution is -2.39. The van der Waals surface area contributed by atoms with Crippen LogP contribution in [0.25, 0.3) is 33.1 Å². The molecule has 6 rings (SSSR count). The van der Waals surface area contributed by atoms with Crippen LogP contribution in [-0.2, 0) is 11.3 Å². The van der Waals surface area contributed by atoms with E-state index in [1.807, 2.05) is 18.2 Å². The van der Waals surface area contributed by atoms with Crippen molar-refractivity contribution < 1.29 is 9.15 Å². The molecule has 0 radical (unpaired) electrons. The Morgan fingerprint density at radius 2 is 1.50 bits per heavy atom. The number of hydrogen-bond donors (Lipinski definition) is 0. The van der Waals surface area contributed by atoms with Gasteiger partial charge in [0.25, 0.3) is 0 Å². The third kappa shape index (κ3) is 4.42. The lowest BCUT2D eigenvalue weighted by molar-refractivity contribution is 0.0316. The summed E-state index contributed by atoms with van der Waals surface area (Å²) in [7, 11) is 0. The minimum atomic E-state index is 0. The van der Waals surface area contributed by atoms with Crippen LogP contribution in [-0.4, -0.2) is 19.2 Å². The summed E-state index contributed by atoms with van der Waals surface area (Å²) in [5.41, 5.74) is 6.80. The fourth-order valence-electron chi connectivity index (χ4n) is 4.91. The van der Waals surface area contributed by atoms with Gasteiger partial charge in [0, 0.05) is 23.9 Å². The van der Waals surface area contributed by atoms with Crippen LogP contribution in [0, 0.1) is 0 Å². The summed E-state index contributed by atoms with van der Waals surface area (Å²) in [4.78, 5) is 2.43. The Morgan fingerprint density at radius 1 is 0.765 bits per heavy atom. The number of anilines is 1. The zero-order valence-electron chi connectivity index (χ0n) is 19.0. The first-order valence-electron chi connectivity index (χ1n) is 11.8. The van der Waals surface area contributed by atoms with Crippen LogP contribution < -0.4 is 4.90 Å². The summed E-state index contributed by atoms with van der Waals surface area (Å²) in [5, 5.41) is 2.36. The number of furan rings is 1. The number of fused-ring (bicyclic) bond motifs is 3. The number of nitrogens with zero attached hydrogens (tertiary/aromatic N) is 1. The number of para-hydroxylation sites is 2. The second-order valence-corrected chi connectivity index (χ2v) is 8.84. The van der Waals surface area contributed by atoms with Gasteiger partial charge in [-0.2, -0.15) is 0 Å². The average Bonchev–Trinajstić information content (AvgIpc) is 3.27. The molecular formula is C30H28ClNO2. The molecular weight excluding hydrogens is 442 g/mol. The molecule has 34 heavy (non-hydrogen) atoms. The van der Waals surface area contributed by atoms with Gasteiger partial charge in [-0.3, -0.25) is 0 Å². The van der Waals surface area contributed by atoms with Crippen molar-refractivity contribution in [2.24, 2.45) is 0 Å². The van der Waals surface area contributed by atoms with Crippen molar-refractivity contribution >= 4 is 40.0 Å². The van der Waals surface area contributed by atoms with Crippen molar-refractivity contribution in [3.05, 3.63) is 103 Å². The third-order valence-electron chi connectivity index (χ3n) is 6.65. The van der Waals surface area contributed by atoms with E-state index in [4.69, 9.17) is 9.15 Å². The van der Waals surface area contributed by atoms with Gasteiger partial charge in [0.1, 0.15) is 5.58 Å². The standard InChI is InChI=1S/C30H27NO2.ClH/c1-2-8-23(9-3-1)24-17-15-22(16-18-24)21-32-25-10-7-19-31(20-25)28-13-6-12-27-26-11-4-5-14-29(26)33-30(27)28;/h1-6,8-9,11-18,25H,7,10,19-21H2;1H/t25-;/m1./s1. The Hall–Kier alpha value is -3.27. The molecule has 1 aliphatic rings. The van der Waals surface area contributed by atoms with E-state index >= 15 is 0 Å². The number of rotatable bonds is 5. The summed E-state index contributed by atoms with van der Waals surface area (Å²) < 4.78 is 12.6. The SMILES string of the molecule is Cl.c1ccc(-c2ccc(CO[C@@H]3CCCN(c4cccc5c4oc4ccccc45)C3)cc2)cc1. The van der Waals surface area contributed by atoms with Crippen molar-refractivity contribution in [3.63, 3.8) is 0 Å². The van der Waals surface area contributed by atoms with Gasteiger partial charge in [-0.05, 0) is 41.7 Å². The lowest BCUT2D eigenvalue weighted by atomic mass is 10.0. The number of ether oxygens (including phenoxy) is 1. The van der Waals surface area contributed by atoms with E-state index in [1.165, 1.54) is 33.2 Å². The highest BCUT2D eigenvalue weighted by Gasteiger charge is 2.23. The van der Waals surface area contributed by atoms with E-state index in [-0.39, 0.29) is 18.5 Å². The van der Waals surface area contributed by atoms with Crippen molar-refractivity contribution in [3.8, 4) is 11.1 Å². The molecule has 1 aromatic heterocycles. The minimum Gasteiger partial charge on any atom is -0.454 e. The van der Waals surface area contributed by atoms with E-state index < -0.39 is 0 Å². The Bertz CT molecular complexity index is 1380. The zero-order valence-corrected chi connectivity index (χ0v) is 19.8. The topological polar surface area (TPSA) is 25.6 Å². The largest absolute Gasteiger partial charge is 0.454 e. The smallest absolute Gasteiger partial charge is 0.158 e. The van der Waals surface area contributed by atoms with Gasteiger partial charge in [0.2, 0.25) is 0 Å². The van der Waals surface area contributed by atoms with Gasteiger partial charge in [-0.25, -0.2) is 0 Å². The summed E-state index contributed by atoms with van der Waals surface area (Å²) in [6, 6.07) is 34.0. The summed E-state index contributed by atoms with van der Waals surface area (Å²) in [5.74, 6) is 0. The van der Waals surface area contributed by atoms with E-state index in [1.54, 1.807) is 0 Å². The maximum atomic E-state index is 6.37. The van der Waals surface area contributed by atoms with E-state index in [9.17, 15) is 0 Å². The monoisotopic (exact) mass is 469 g/mol. The Labute approximate surface area is 206 Å².